The molecule has 0 bridgehead atoms. The monoisotopic (exact) mass is 598 g/mol. The number of ether oxygens (including phenoxy) is 4. The maximum atomic E-state index is 12.8. The van der Waals surface area contributed by atoms with Crippen molar-refractivity contribution >= 4 is 6.09 Å². The fourth-order valence-corrected chi connectivity index (χ4v) is 12.9. The highest BCUT2D eigenvalue weighted by molar-refractivity contribution is 5.68. The molecule has 0 aromatic carbocycles. The molecule has 0 aromatic heterocycles. The summed E-state index contributed by atoms with van der Waals surface area (Å²) in [7, 11) is 0. The van der Waals surface area contributed by atoms with Crippen molar-refractivity contribution in [2.75, 3.05) is 32.8 Å². The Hall–Kier alpha value is -0.890. The molecule has 3 saturated heterocycles. The van der Waals surface area contributed by atoms with Crippen molar-refractivity contribution in [3.8, 4) is 0 Å². The van der Waals surface area contributed by atoms with E-state index in [0.29, 0.717) is 34.4 Å². The average Bonchev–Trinajstić information content (AvgIpc) is 3.52. The Morgan fingerprint density at radius 1 is 0.953 bits per heavy atom. The summed E-state index contributed by atoms with van der Waals surface area (Å²) in [6, 6.07) is 0. The molecule has 3 heterocycles. The minimum Gasteiger partial charge on any atom is -0.443 e. The lowest BCUT2D eigenvalue weighted by atomic mass is 9.46. The summed E-state index contributed by atoms with van der Waals surface area (Å²) in [6.45, 7) is 16.3. The van der Waals surface area contributed by atoms with Gasteiger partial charge in [-0.2, -0.15) is 0 Å². The van der Waals surface area contributed by atoms with E-state index in [4.69, 9.17) is 18.9 Å². The van der Waals surface area contributed by atoms with Crippen molar-refractivity contribution < 1.29 is 23.7 Å². The van der Waals surface area contributed by atoms with Crippen LogP contribution in [0.4, 0.5) is 4.79 Å². The number of nitrogens with zero attached hydrogens (tertiary/aromatic N) is 1. The number of rotatable bonds is 5. The zero-order valence-corrected chi connectivity index (χ0v) is 27.6. The highest BCUT2D eigenvalue weighted by Gasteiger charge is 2.80. The van der Waals surface area contributed by atoms with Gasteiger partial charge in [-0.1, -0.05) is 34.6 Å². The maximum Gasteiger partial charge on any atom is 0.410 e. The zero-order valence-electron chi connectivity index (χ0n) is 27.6. The molecule has 0 aromatic rings. The van der Waals surface area contributed by atoms with E-state index in [9.17, 15) is 4.79 Å². The Morgan fingerprint density at radius 3 is 2.49 bits per heavy atom. The molecule has 7 heteroatoms. The molecule has 8 fully saturated rings. The van der Waals surface area contributed by atoms with Crippen molar-refractivity contribution in [2.45, 2.75) is 136 Å². The smallest absolute Gasteiger partial charge is 0.410 e. The quantitative estimate of drug-likeness (QED) is 0.396. The maximum absolute atomic E-state index is 12.8. The highest BCUT2D eigenvalue weighted by atomic mass is 16.7. The molecule has 1 N–H and O–H groups in total. The minimum atomic E-state index is -0.146. The van der Waals surface area contributed by atoms with E-state index in [1.54, 1.807) is 0 Å². The third-order valence-electron chi connectivity index (χ3n) is 15.1. The van der Waals surface area contributed by atoms with Gasteiger partial charge in [0.1, 0.15) is 6.10 Å². The Morgan fingerprint density at radius 2 is 1.77 bits per heavy atom. The number of morpholine rings is 1. The lowest BCUT2D eigenvalue weighted by molar-refractivity contribution is -0.232. The number of fused-ring (bicyclic) bond motifs is 4. The Balaban J connectivity index is 0.973. The predicted octanol–water partition coefficient (Wildman–Crippen LogP) is 6.39. The number of carbonyl (C=O) groups excluding carboxylic acids is 1. The van der Waals surface area contributed by atoms with Crippen LogP contribution < -0.4 is 5.32 Å². The van der Waals surface area contributed by atoms with Crippen molar-refractivity contribution in [3.63, 3.8) is 0 Å². The van der Waals surface area contributed by atoms with Crippen LogP contribution in [0.5, 0.6) is 0 Å². The molecule has 8 aliphatic rings. The largest absolute Gasteiger partial charge is 0.443 e. The highest BCUT2D eigenvalue weighted by Crippen LogP contribution is 2.87. The lowest BCUT2D eigenvalue weighted by Crippen LogP contribution is -2.56. The molecule has 2 spiro atoms. The Kier molecular flexibility index (Phi) is 7.07. The first kappa shape index (κ1) is 29.5. The SMILES string of the molecule is CC(C)[C@@H](OC(=O)N1CCC1)C1CC[C@H]2C(CC3C4CC[C@H]5C(C)(C)[C@@H](OC6CNCCO6)CCC56C[C@@]46CC[C@@]32C)O1. The van der Waals surface area contributed by atoms with Gasteiger partial charge in [0.2, 0.25) is 0 Å². The van der Waals surface area contributed by atoms with Gasteiger partial charge in [-0.3, -0.25) is 0 Å². The average molecular weight is 599 g/mol. The first-order chi connectivity index (χ1) is 20.6. The molecule has 242 valence electrons. The van der Waals surface area contributed by atoms with E-state index in [0.717, 1.165) is 63.4 Å². The van der Waals surface area contributed by atoms with Gasteiger partial charge < -0.3 is 29.2 Å². The third-order valence-corrected chi connectivity index (χ3v) is 15.1. The van der Waals surface area contributed by atoms with Crippen LogP contribution in [0.2, 0.25) is 0 Å². The van der Waals surface area contributed by atoms with Crippen molar-refractivity contribution in [1.29, 1.82) is 0 Å². The molecule has 5 saturated carbocycles. The van der Waals surface area contributed by atoms with Gasteiger partial charge in [-0.25, -0.2) is 4.79 Å². The first-order valence-corrected chi connectivity index (χ1v) is 18.2. The van der Waals surface area contributed by atoms with Crippen LogP contribution in [0.15, 0.2) is 0 Å². The van der Waals surface area contributed by atoms with Crippen LogP contribution in [0.25, 0.3) is 0 Å². The minimum absolute atomic E-state index is 0.0339. The van der Waals surface area contributed by atoms with Crippen molar-refractivity contribution in [3.05, 3.63) is 0 Å². The summed E-state index contributed by atoms with van der Waals surface area (Å²) < 4.78 is 25.9. The molecule has 43 heavy (non-hydrogen) atoms. The van der Waals surface area contributed by atoms with Crippen LogP contribution in [0.1, 0.15) is 105 Å². The number of likely N-dealkylation sites (tertiary alicyclic amines) is 1. The van der Waals surface area contributed by atoms with Crippen LogP contribution in [0, 0.1) is 51.2 Å². The number of hydrogen-bond donors (Lipinski definition) is 1. The second kappa shape index (κ2) is 10.3. The molecule has 12 atom stereocenters. The Bertz CT molecular complexity index is 1090. The van der Waals surface area contributed by atoms with E-state index in [-0.39, 0.29) is 35.9 Å². The third kappa shape index (κ3) is 4.29. The molecule has 6 unspecified atom stereocenters. The number of hydrogen-bond acceptors (Lipinski definition) is 6. The lowest BCUT2D eigenvalue weighted by Gasteiger charge is -2.60. The van der Waals surface area contributed by atoms with Gasteiger partial charge in [0.25, 0.3) is 0 Å². The Labute approximate surface area is 259 Å². The van der Waals surface area contributed by atoms with E-state index in [1.165, 1.54) is 57.8 Å². The molecule has 0 radical (unpaired) electrons. The zero-order chi connectivity index (χ0) is 29.8. The van der Waals surface area contributed by atoms with Gasteiger partial charge in [0.05, 0.1) is 24.9 Å². The topological polar surface area (TPSA) is 69.3 Å². The van der Waals surface area contributed by atoms with Crippen molar-refractivity contribution in [2.24, 2.45) is 51.2 Å². The first-order valence-electron chi connectivity index (χ1n) is 18.2. The van der Waals surface area contributed by atoms with E-state index >= 15 is 0 Å². The predicted molar refractivity (Wildman–Crippen MR) is 164 cm³/mol. The number of carbonyl (C=O) groups is 1. The summed E-state index contributed by atoms with van der Waals surface area (Å²) in [5.74, 6) is 3.30. The van der Waals surface area contributed by atoms with Crippen LogP contribution in [-0.2, 0) is 18.9 Å². The summed E-state index contributed by atoms with van der Waals surface area (Å²) in [6.07, 6.45) is 14.4. The summed E-state index contributed by atoms with van der Waals surface area (Å²) in [5.41, 5.74) is 1.65. The number of amides is 1. The fraction of sp³-hybridized carbons (Fsp3) is 0.972. The summed E-state index contributed by atoms with van der Waals surface area (Å²) >= 11 is 0. The summed E-state index contributed by atoms with van der Waals surface area (Å²) in [4.78, 5) is 14.6. The van der Waals surface area contributed by atoms with Gasteiger partial charge in [-0.05, 0) is 122 Å². The molecule has 1 amide bonds. The van der Waals surface area contributed by atoms with Crippen LogP contribution in [0.3, 0.4) is 0 Å². The summed E-state index contributed by atoms with van der Waals surface area (Å²) in [5, 5.41) is 3.45. The van der Waals surface area contributed by atoms with Gasteiger partial charge in [0.15, 0.2) is 6.29 Å². The molecule has 3 aliphatic heterocycles. The van der Waals surface area contributed by atoms with E-state index in [1.807, 2.05) is 4.90 Å². The molecule has 7 nitrogen and oxygen atoms in total. The molecular weight excluding hydrogens is 540 g/mol. The second-order valence-corrected chi connectivity index (χ2v) is 17.4. The standard InChI is InChI=1S/C36H58N2O5/c1-22(2)31(43-32(39)38-16-6-17-38)26-9-7-24-27(41-26)19-25-23-8-10-28-33(3,4)29(42-30-20-37-15-18-40-30)11-12-36(28)21-35(23,36)14-13-34(24,25)5/h22-31,37H,6-21H2,1-5H3/t23?,24-,25?,26?,27?,28-,29-,30?,31+,34+,35-,36?/m0/s1. The van der Waals surface area contributed by atoms with Crippen molar-refractivity contribution in [1.82, 2.24) is 10.2 Å². The van der Waals surface area contributed by atoms with Crippen LogP contribution in [-0.4, -0.2) is 74.5 Å². The normalized spacial score (nSPS) is 50.3. The fourth-order valence-electron chi connectivity index (χ4n) is 12.9. The van der Waals surface area contributed by atoms with Crippen LogP contribution >= 0.6 is 0 Å². The molecule has 5 aliphatic carbocycles. The van der Waals surface area contributed by atoms with Gasteiger partial charge >= 0.3 is 6.09 Å². The second-order valence-electron chi connectivity index (χ2n) is 17.4. The van der Waals surface area contributed by atoms with E-state index < -0.39 is 0 Å². The number of nitrogens with one attached hydrogen (secondary N) is 1. The van der Waals surface area contributed by atoms with Gasteiger partial charge in [-0.15, -0.1) is 0 Å². The molecular formula is C36H58N2O5. The molecule has 8 rings (SSSR count). The van der Waals surface area contributed by atoms with E-state index in [2.05, 4.69) is 39.9 Å². The van der Waals surface area contributed by atoms with Gasteiger partial charge in [0, 0.05) is 26.2 Å².